The van der Waals surface area contributed by atoms with Crippen LogP contribution in [0.15, 0.2) is 53.5 Å². The molecule has 4 nitrogen and oxygen atoms in total. The number of anilines is 2. The van der Waals surface area contributed by atoms with E-state index in [9.17, 15) is 4.79 Å². The van der Waals surface area contributed by atoms with Crippen molar-refractivity contribution in [1.29, 1.82) is 0 Å². The van der Waals surface area contributed by atoms with Crippen LogP contribution in [0.2, 0.25) is 0 Å². The summed E-state index contributed by atoms with van der Waals surface area (Å²) in [5.74, 6) is -0.383. The zero-order chi connectivity index (χ0) is 13.2. The van der Waals surface area contributed by atoms with Gasteiger partial charge in [0, 0.05) is 17.6 Å². The molecule has 1 unspecified atom stereocenters. The van der Waals surface area contributed by atoms with Crippen LogP contribution < -0.4 is 11.1 Å². The topological polar surface area (TPSA) is 67.5 Å². The normalized spacial score (nSPS) is 17.5. The molecular weight excluding hydrogens is 238 g/mol. The number of benzene rings is 2. The van der Waals surface area contributed by atoms with Crippen molar-refractivity contribution in [2.45, 2.75) is 5.92 Å². The van der Waals surface area contributed by atoms with E-state index in [1.54, 1.807) is 18.3 Å². The molecule has 1 atom stereocenters. The number of rotatable bonds is 2. The van der Waals surface area contributed by atoms with Crippen molar-refractivity contribution >= 4 is 29.2 Å². The molecule has 1 amide bonds. The van der Waals surface area contributed by atoms with Crippen LogP contribution in [0.3, 0.4) is 0 Å². The lowest BCUT2D eigenvalue weighted by Crippen LogP contribution is -2.12. The Kier molecular flexibility index (Phi) is 2.76. The van der Waals surface area contributed by atoms with Crippen LogP contribution >= 0.6 is 0 Å². The van der Waals surface area contributed by atoms with E-state index in [4.69, 9.17) is 5.73 Å². The predicted molar refractivity (Wildman–Crippen MR) is 76.8 cm³/mol. The highest BCUT2D eigenvalue weighted by Crippen LogP contribution is 2.31. The lowest BCUT2D eigenvalue weighted by Gasteiger charge is -2.01. The van der Waals surface area contributed by atoms with Crippen molar-refractivity contribution in [1.82, 2.24) is 0 Å². The van der Waals surface area contributed by atoms with Crippen LogP contribution in [0.5, 0.6) is 0 Å². The second kappa shape index (κ2) is 4.57. The molecule has 94 valence electrons. The number of nitrogens with one attached hydrogen (secondary N) is 1. The molecule has 2 aromatic rings. The molecule has 4 heteroatoms. The van der Waals surface area contributed by atoms with Gasteiger partial charge in [0.05, 0.1) is 5.69 Å². The number of fused-ring (bicyclic) bond motifs is 1. The van der Waals surface area contributed by atoms with E-state index in [0.29, 0.717) is 5.69 Å². The Morgan fingerprint density at radius 1 is 1.16 bits per heavy atom. The standard InChI is InChI=1S/C15H13N3O/c16-10-4-3-5-11(8-10)17-9-13-12-6-1-2-7-14(12)18-15(13)19/h1-9,13H,16H2,(H,18,19). The Morgan fingerprint density at radius 3 is 2.84 bits per heavy atom. The molecule has 0 aliphatic carbocycles. The molecule has 2 aromatic carbocycles. The van der Waals surface area contributed by atoms with Crippen molar-refractivity contribution in [2.75, 3.05) is 11.1 Å². The van der Waals surface area contributed by atoms with Crippen LogP contribution in [0.25, 0.3) is 0 Å². The number of aliphatic imine (C=N–C) groups is 1. The molecule has 0 radical (unpaired) electrons. The molecule has 3 N–H and O–H groups in total. The van der Waals surface area contributed by atoms with Crippen LogP contribution in [-0.4, -0.2) is 12.1 Å². The molecular formula is C15H13N3O. The number of nitrogens with zero attached hydrogens (tertiary/aromatic N) is 1. The zero-order valence-corrected chi connectivity index (χ0v) is 10.2. The van der Waals surface area contributed by atoms with Crippen LogP contribution in [0.4, 0.5) is 17.1 Å². The average Bonchev–Trinajstić information content (AvgIpc) is 2.72. The van der Waals surface area contributed by atoms with Gasteiger partial charge in [0.25, 0.3) is 0 Å². The first-order valence-electron chi connectivity index (χ1n) is 6.03. The third kappa shape index (κ3) is 2.20. The molecule has 0 fully saturated rings. The first-order valence-corrected chi connectivity index (χ1v) is 6.03. The summed E-state index contributed by atoms with van der Waals surface area (Å²) in [6.07, 6.45) is 1.66. The summed E-state index contributed by atoms with van der Waals surface area (Å²) in [5.41, 5.74) is 8.92. The molecule has 0 spiro atoms. The van der Waals surface area contributed by atoms with Gasteiger partial charge in [0.15, 0.2) is 0 Å². The van der Waals surface area contributed by atoms with Crippen LogP contribution in [0, 0.1) is 0 Å². The second-order valence-electron chi connectivity index (χ2n) is 4.43. The fourth-order valence-corrected chi connectivity index (χ4v) is 2.15. The Bertz CT molecular complexity index is 664. The maximum absolute atomic E-state index is 11.9. The Labute approximate surface area is 111 Å². The summed E-state index contributed by atoms with van der Waals surface area (Å²) in [6, 6.07) is 14.9. The lowest BCUT2D eigenvalue weighted by molar-refractivity contribution is -0.115. The summed E-state index contributed by atoms with van der Waals surface area (Å²) >= 11 is 0. The maximum Gasteiger partial charge on any atom is 0.237 e. The number of hydrogen-bond acceptors (Lipinski definition) is 3. The molecule has 1 heterocycles. The number of carbonyl (C=O) groups is 1. The molecule has 1 aliphatic rings. The third-order valence-corrected chi connectivity index (χ3v) is 3.08. The minimum Gasteiger partial charge on any atom is -0.399 e. The van der Waals surface area contributed by atoms with Gasteiger partial charge in [-0.25, -0.2) is 0 Å². The van der Waals surface area contributed by atoms with Gasteiger partial charge < -0.3 is 11.1 Å². The smallest absolute Gasteiger partial charge is 0.237 e. The first kappa shape index (κ1) is 11.5. The van der Waals surface area contributed by atoms with Gasteiger partial charge >= 0.3 is 0 Å². The monoisotopic (exact) mass is 251 g/mol. The SMILES string of the molecule is Nc1cccc(N=CC2C(=O)Nc3ccccc32)c1. The number of nitrogen functional groups attached to an aromatic ring is 1. The minimum atomic E-state index is -0.336. The highest BCUT2D eigenvalue weighted by Gasteiger charge is 2.28. The van der Waals surface area contributed by atoms with Crippen molar-refractivity contribution < 1.29 is 4.79 Å². The van der Waals surface area contributed by atoms with Gasteiger partial charge in [-0.1, -0.05) is 24.3 Å². The molecule has 0 saturated carbocycles. The van der Waals surface area contributed by atoms with E-state index in [2.05, 4.69) is 10.3 Å². The first-order chi connectivity index (χ1) is 9.24. The van der Waals surface area contributed by atoms with E-state index in [1.807, 2.05) is 36.4 Å². The van der Waals surface area contributed by atoms with Gasteiger partial charge in [-0.3, -0.25) is 9.79 Å². The number of carbonyl (C=O) groups excluding carboxylic acids is 1. The third-order valence-electron chi connectivity index (χ3n) is 3.08. The van der Waals surface area contributed by atoms with Crippen molar-refractivity contribution in [3.63, 3.8) is 0 Å². The molecule has 19 heavy (non-hydrogen) atoms. The van der Waals surface area contributed by atoms with E-state index >= 15 is 0 Å². The van der Waals surface area contributed by atoms with Gasteiger partial charge in [-0.05, 0) is 29.8 Å². The van der Waals surface area contributed by atoms with E-state index < -0.39 is 0 Å². The molecule has 3 rings (SSSR count). The van der Waals surface area contributed by atoms with Crippen molar-refractivity contribution in [3.05, 3.63) is 54.1 Å². The quantitative estimate of drug-likeness (QED) is 0.636. The molecule has 0 aromatic heterocycles. The highest BCUT2D eigenvalue weighted by atomic mass is 16.2. The Hall–Kier alpha value is -2.62. The van der Waals surface area contributed by atoms with E-state index in [1.165, 1.54) is 0 Å². The fourth-order valence-electron chi connectivity index (χ4n) is 2.15. The summed E-state index contributed by atoms with van der Waals surface area (Å²) in [4.78, 5) is 16.2. The summed E-state index contributed by atoms with van der Waals surface area (Å²) in [7, 11) is 0. The maximum atomic E-state index is 11.9. The highest BCUT2D eigenvalue weighted by molar-refractivity contribution is 6.12. The number of amides is 1. The summed E-state index contributed by atoms with van der Waals surface area (Å²) < 4.78 is 0. The number of nitrogens with two attached hydrogens (primary N) is 1. The summed E-state index contributed by atoms with van der Waals surface area (Å²) in [6.45, 7) is 0. The zero-order valence-electron chi connectivity index (χ0n) is 10.2. The minimum absolute atomic E-state index is 0.0474. The average molecular weight is 251 g/mol. The van der Waals surface area contributed by atoms with E-state index in [0.717, 1.165) is 16.9 Å². The van der Waals surface area contributed by atoms with Crippen LogP contribution in [-0.2, 0) is 4.79 Å². The molecule has 0 bridgehead atoms. The Morgan fingerprint density at radius 2 is 2.00 bits per heavy atom. The van der Waals surface area contributed by atoms with Crippen molar-refractivity contribution in [3.8, 4) is 0 Å². The van der Waals surface area contributed by atoms with Crippen LogP contribution in [0.1, 0.15) is 11.5 Å². The fraction of sp³-hybridized carbons (Fsp3) is 0.0667. The second-order valence-corrected chi connectivity index (χ2v) is 4.43. The Balaban J connectivity index is 1.90. The van der Waals surface area contributed by atoms with Crippen molar-refractivity contribution in [2.24, 2.45) is 4.99 Å². The number of hydrogen-bond donors (Lipinski definition) is 2. The summed E-state index contributed by atoms with van der Waals surface area (Å²) in [5, 5.41) is 2.84. The van der Waals surface area contributed by atoms with Gasteiger partial charge in [-0.15, -0.1) is 0 Å². The lowest BCUT2D eigenvalue weighted by atomic mass is 10.0. The van der Waals surface area contributed by atoms with Gasteiger partial charge in [0.2, 0.25) is 5.91 Å². The molecule has 0 saturated heterocycles. The van der Waals surface area contributed by atoms with Gasteiger partial charge in [-0.2, -0.15) is 0 Å². The molecule has 1 aliphatic heterocycles. The number of para-hydroxylation sites is 1. The van der Waals surface area contributed by atoms with E-state index in [-0.39, 0.29) is 11.8 Å². The van der Waals surface area contributed by atoms with Gasteiger partial charge in [0.1, 0.15) is 5.92 Å². The predicted octanol–water partition coefficient (Wildman–Crippen LogP) is 2.71. The largest absolute Gasteiger partial charge is 0.399 e.